The predicted molar refractivity (Wildman–Crippen MR) is 50.1 cm³/mol. The van der Waals surface area contributed by atoms with Crippen LogP contribution in [0.5, 0.6) is 0 Å². The van der Waals surface area contributed by atoms with Crippen LogP contribution in [0.2, 0.25) is 0 Å². The molecular formula is C7H14N2O3S. The molecule has 5 nitrogen and oxygen atoms in total. The summed E-state index contributed by atoms with van der Waals surface area (Å²) in [6.45, 7) is 2.10. The van der Waals surface area contributed by atoms with Crippen LogP contribution in [-0.4, -0.2) is 28.8 Å². The van der Waals surface area contributed by atoms with E-state index in [1.807, 2.05) is 24.0 Å². The zero-order chi connectivity index (χ0) is 10.5. The van der Waals surface area contributed by atoms with Gasteiger partial charge in [0.1, 0.15) is 5.82 Å². The van der Waals surface area contributed by atoms with Gasteiger partial charge in [-0.25, -0.2) is 4.98 Å². The Morgan fingerprint density at radius 1 is 1.62 bits per heavy atom. The van der Waals surface area contributed by atoms with E-state index in [1.54, 1.807) is 0 Å². The average molecular weight is 206 g/mol. The minimum atomic E-state index is -3.67. The van der Waals surface area contributed by atoms with Gasteiger partial charge in [-0.3, -0.25) is 4.55 Å². The van der Waals surface area contributed by atoms with Crippen molar-refractivity contribution < 1.29 is 13.0 Å². The van der Waals surface area contributed by atoms with Crippen LogP contribution in [0.1, 0.15) is 12.7 Å². The lowest BCUT2D eigenvalue weighted by Crippen LogP contribution is -1.92. The molecule has 0 aliphatic rings. The molecule has 1 N–H and O–H groups in total. The first-order valence-corrected chi connectivity index (χ1v) is 5.58. The molecule has 1 aromatic rings. The van der Waals surface area contributed by atoms with Gasteiger partial charge in [-0.05, 0) is 0 Å². The summed E-state index contributed by atoms with van der Waals surface area (Å²) in [6.07, 6.45) is 5.51. The maximum Gasteiger partial charge on any atom is 0.261 e. The van der Waals surface area contributed by atoms with Crippen LogP contribution in [0.3, 0.4) is 0 Å². The molecule has 76 valence electrons. The van der Waals surface area contributed by atoms with Crippen LogP contribution in [0, 0.1) is 0 Å². The van der Waals surface area contributed by atoms with Gasteiger partial charge in [-0.15, -0.1) is 0 Å². The van der Waals surface area contributed by atoms with Crippen molar-refractivity contribution in [2.45, 2.75) is 13.3 Å². The fourth-order valence-corrected chi connectivity index (χ4v) is 0.737. The average Bonchev–Trinajstić information content (AvgIpc) is 2.31. The summed E-state index contributed by atoms with van der Waals surface area (Å²) in [7, 11) is -1.66. The molecule has 0 aliphatic heterocycles. The number of imidazole rings is 1. The Bertz CT molecular complexity index is 334. The van der Waals surface area contributed by atoms with E-state index in [1.165, 1.54) is 0 Å². The number of aryl methyl sites for hydroxylation is 2. The number of nitrogens with zero attached hydrogens (tertiary/aromatic N) is 2. The standard InChI is InChI=1S/C6H10N2.CH4O3S/c1-3-6-7-4-5-8(6)2;1-5(2,3)4/h4-5H,3H2,1-2H3;1H3,(H,2,3,4). The first-order valence-electron chi connectivity index (χ1n) is 3.73. The van der Waals surface area contributed by atoms with E-state index in [2.05, 4.69) is 11.9 Å². The van der Waals surface area contributed by atoms with Crippen molar-refractivity contribution >= 4 is 10.1 Å². The minimum absolute atomic E-state index is 0.715. The largest absolute Gasteiger partial charge is 0.338 e. The van der Waals surface area contributed by atoms with E-state index in [9.17, 15) is 8.42 Å². The molecule has 1 aromatic heterocycles. The molecule has 0 spiro atoms. The van der Waals surface area contributed by atoms with Gasteiger partial charge in [0.25, 0.3) is 10.1 Å². The minimum Gasteiger partial charge on any atom is -0.338 e. The second-order valence-electron chi connectivity index (χ2n) is 2.54. The van der Waals surface area contributed by atoms with Crippen molar-refractivity contribution in [2.24, 2.45) is 7.05 Å². The lowest BCUT2D eigenvalue weighted by atomic mass is 10.5. The third-order valence-electron chi connectivity index (χ3n) is 1.24. The monoisotopic (exact) mass is 206 g/mol. The van der Waals surface area contributed by atoms with Gasteiger partial charge in [-0.2, -0.15) is 8.42 Å². The zero-order valence-electron chi connectivity index (χ0n) is 7.93. The van der Waals surface area contributed by atoms with Crippen LogP contribution < -0.4 is 0 Å². The van der Waals surface area contributed by atoms with Gasteiger partial charge in [0.2, 0.25) is 0 Å². The Morgan fingerprint density at radius 2 is 2.08 bits per heavy atom. The summed E-state index contributed by atoms with van der Waals surface area (Å²) in [5.74, 6) is 1.14. The Balaban J connectivity index is 0.000000252. The fraction of sp³-hybridized carbons (Fsp3) is 0.571. The molecule has 0 radical (unpaired) electrons. The van der Waals surface area contributed by atoms with Crippen LogP contribution in [0.15, 0.2) is 12.4 Å². The molecule has 0 unspecified atom stereocenters. The number of hydrogen-bond acceptors (Lipinski definition) is 3. The molecule has 0 saturated heterocycles. The highest BCUT2D eigenvalue weighted by Gasteiger charge is 1.90. The highest BCUT2D eigenvalue weighted by molar-refractivity contribution is 7.85. The van der Waals surface area contributed by atoms with Gasteiger partial charge in [0, 0.05) is 25.9 Å². The van der Waals surface area contributed by atoms with E-state index >= 15 is 0 Å². The Hall–Kier alpha value is -0.880. The molecule has 6 heteroatoms. The fourth-order valence-electron chi connectivity index (χ4n) is 0.737. The SMILES string of the molecule is CCc1nccn1C.CS(=O)(=O)O. The van der Waals surface area contributed by atoms with Gasteiger partial charge >= 0.3 is 0 Å². The molecule has 13 heavy (non-hydrogen) atoms. The molecule has 0 aliphatic carbocycles. The van der Waals surface area contributed by atoms with Crippen molar-refractivity contribution in [2.75, 3.05) is 6.26 Å². The smallest absolute Gasteiger partial charge is 0.261 e. The van der Waals surface area contributed by atoms with E-state index in [0.717, 1.165) is 12.2 Å². The number of aromatic nitrogens is 2. The first kappa shape index (κ1) is 12.1. The topological polar surface area (TPSA) is 72.2 Å². The third-order valence-corrected chi connectivity index (χ3v) is 1.24. The quantitative estimate of drug-likeness (QED) is 0.679. The molecule has 0 bridgehead atoms. The van der Waals surface area contributed by atoms with E-state index in [4.69, 9.17) is 4.55 Å². The van der Waals surface area contributed by atoms with Gasteiger partial charge in [0.15, 0.2) is 0 Å². The maximum atomic E-state index is 9.19. The van der Waals surface area contributed by atoms with Crippen molar-refractivity contribution in [3.63, 3.8) is 0 Å². The zero-order valence-corrected chi connectivity index (χ0v) is 8.74. The van der Waals surface area contributed by atoms with E-state index in [-0.39, 0.29) is 0 Å². The Kier molecular flexibility index (Phi) is 4.64. The summed E-state index contributed by atoms with van der Waals surface area (Å²) >= 11 is 0. The summed E-state index contributed by atoms with van der Waals surface area (Å²) in [5.41, 5.74) is 0. The molecule has 0 saturated carbocycles. The number of rotatable bonds is 1. The predicted octanol–water partition coefficient (Wildman–Crippen LogP) is 0.487. The first-order chi connectivity index (χ1) is 5.84. The third kappa shape index (κ3) is 7.48. The maximum absolute atomic E-state index is 9.19. The molecule has 0 aromatic carbocycles. The van der Waals surface area contributed by atoms with Crippen molar-refractivity contribution in [3.05, 3.63) is 18.2 Å². The van der Waals surface area contributed by atoms with E-state index in [0.29, 0.717) is 6.26 Å². The molecule has 0 atom stereocenters. The number of hydrogen-bond donors (Lipinski definition) is 1. The molecule has 0 fully saturated rings. The normalized spacial score (nSPS) is 10.5. The van der Waals surface area contributed by atoms with Gasteiger partial charge < -0.3 is 4.57 Å². The summed E-state index contributed by atoms with van der Waals surface area (Å²) in [6, 6.07) is 0. The highest BCUT2D eigenvalue weighted by atomic mass is 32.2. The molecular weight excluding hydrogens is 192 g/mol. The lowest BCUT2D eigenvalue weighted by molar-refractivity contribution is 0.490. The van der Waals surface area contributed by atoms with Crippen molar-refractivity contribution in [1.82, 2.24) is 9.55 Å². The van der Waals surface area contributed by atoms with E-state index < -0.39 is 10.1 Å². The Morgan fingerprint density at radius 3 is 2.23 bits per heavy atom. The highest BCUT2D eigenvalue weighted by Crippen LogP contribution is 1.92. The van der Waals surface area contributed by atoms with Crippen LogP contribution in [0.25, 0.3) is 0 Å². The summed E-state index contributed by atoms with van der Waals surface area (Å²) in [5, 5.41) is 0. The second kappa shape index (κ2) is 4.98. The summed E-state index contributed by atoms with van der Waals surface area (Å²) < 4.78 is 27.9. The molecule has 0 amide bonds. The van der Waals surface area contributed by atoms with Crippen LogP contribution in [-0.2, 0) is 23.6 Å². The van der Waals surface area contributed by atoms with Crippen LogP contribution >= 0.6 is 0 Å². The summed E-state index contributed by atoms with van der Waals surface area (Å²) in [4.78, 5) is 4.10. The second-order valence-corrected chi connectivity index (χ2v) is 4.01. The molecule has 1 rings (SSSR count). The van der Waals surface area contributed by atoms with Gasteiger partial charge in [0.05, 0.1) is 6.26 Å². The van der Waals surface area contributed by atoms with Crippen LogP contribution in [0.4, 0.5) is 0 Å². The van der Waals surface area contributed by atoms with Gasteiger partial charge in [-0.1, -0.05) is 6.92 Å². The van der Waals surface area contributed by atoms with Crippen molar-refractivity contribution in [1.29, 1.82) is 0 Å². The lowest BCUT2D eigenvalue weighted by Gasteiger charge is -1.92. The molecule has 1 heterocycles. The Labute approximate surface area is 78.2 Å². The van der Waals surface area contributed by atoms with Crippen molar-refractivity contribution in [3.8, 4) is 0 Å².